The molecule has 0 aromatic rings. The highest BCUT2D eigenvalue weighted by Crippen LogP contribution is 2.27. The number of rotatable bonds is 5. The van der Waals surface area contributed by atoms with Gasteiger partial charge in [-0.15, -0.1) is 11.8 Å². The third-order valence-electron chi connectivity index (χ3n) is 4.42. The molecule has 2 amide bonds. The molecule has 2 aliphatic heterocycles. The molecule has 2 fully saturated rings. The van der Waals surface area contributed by atoms with E-state index in [9.17, 15) is 9.59 Å². The van der Waals surface area contributed by atoms with Gasteiger partial charge in [-0.05, 0) is 32.6 Å². The smallest absolute Gasteiger partial charge is 0.243 e. The zero-order chi connectivity index (χ0) is 17.0. The van der Waals surface area contributed by atoms with Crippen molar-refractivity contribution in [3.63, 3.8) is 0 Å². The van der Waals surface area contributed by atoms with Crippen LogP contribution in [0.3, 0.4) is 0 Å². The van der Waals surface area contributed by atoms with Crippen LogP contribution >= 0.6 is 11.8 Å². The lowest BCUT2D eigenvalue weighted by Gasteiger charge is -2.30. The van der Waals surface area contributed by atoms with Crippen molar-refractivity contribution in [2.24, 2.45) is 5.41 Å². The van der Waals surface area contributed by atoms with E-state index >= 15 is 0 Å². The molecule has 6 heteroatoms. The molecule has 0 radical (unpaired) electrons. The van der Waals surface area contributed by atoms with Crippen molar-refractivity contribution in [2.45, 2.75) is 71.6 Å². The van der Waals surface area contributed by atoms with Crippen LogP contribution in [-0.4, -0.2) is 53.1 Å². The van der Waals surface area contributed by atoms with Gasteiger partial charge in [0.1, 0.15) is 6.04 Å². The topological polar surface area (TPSA) is 58.6 Å². The average Bonchev–Trinajstić information content (AvgIpc) is 3.14. The van der Waals surface area contributed by atoms with Gasteiger partial charge < -0.3 is 15.0 Å². The second-order valence-electron chi connectivity index (χ2n) is 7.66. The van der Waals surface area contributed by atoms with Crippen LogP contribution in [0.15, 0.2) is 0 Å². The van der Waals surface area contributed by atoms with Gasteiger partial charge in [0.15, 0.2) is 0 Å². The Labute approximate surface area is 143 Å². The summed E-state index contributed by atoms with van der Waals surface area (Å²) in [6.07, 6.45) is 4.55. The van der Waals surface area contributed by atoms with E-state index in [1.165, 1.54) is 0 Å². The van der Waals surface area contributed by atoms with Crippen LogP contribution in [0.25, 0.3) is 0 Å². The molecule has 0 aliphatic carbocycles. The fourth-order valence-electron chi connectivity index (χ4n) is 3.01. The van der Waals surface area contributed by atoms with Gasteiger partial charge in [0, 0.05) is 23.8 Å². The minimum Gasteiger partial charge on any atom is -0.378 e. The summed E-state index contributed by atoms with van der Waals surface area (Å²) >= 11 is 1.65. The molecule has 0 aromatic carbocycles. The second-order valence-corrected chi connectivity index (χ2v) is 8.66. The Morgan fingerprint density at radius 3 is 2.74 bits per heavy atom. The minimum absolute atomic E-state index is 0.0209. The summed E-state index contributed by atoms with van der Waals surface area (Å²) in [5.74, 6) is 1.33. The van der Waals surface area contributed by atoms with Gasteiger partial charge in [-0.3, -0.25) is 9.59 Å². The average molecular weight is 343 g/mol. The lowest BCUT2D eigenvalue weighted by molar-refractivity contribution is -0.144. The molecule has 0 bridgehead atoms. The quantitative estimate of drug-likeness (QED) is 0.833. The van der Waals surface area contributed by atoms with Crippen LogP contribution in [0.5, 0.6) is 0 Å². The molecule has 0 aromatic heterocycles. The van der Waals surface area contributed by atoms with Gasteiger partial charge in [0.2, 0.25) is 11.8 Å². The molecule has 0 spiro atoms. The lowest BCUT2D eigenvalue weighted by Crippen LogP contribution is -2.51. The molecule has 0 unspecified atom stereocenters. The van der Waals surface area contributed by atoms with E-state index < -0.39 is 5.41 Å². The van der Waals surface area contributed by atoms with Crippen molar-refractivity contribution in [3.8, 4) is 0 Å². The number of nitrogens with zero attached hydrogens (tertiary/aromatic N) is 1. The van der Waals surface area contributed by atoms with Crippen molar-refractivity contribution in [3.05, 3.63) is 0 Å². The monoisotopic (exact) mass is 342 g/mol. The number of ether oxygens (including phenoxy) is 1. The number of carbonyl (C=O) groups is 2. The predicted molar refractivity (Wildman–Crippen MR) is 93.2 cm³/mol. The first-order chi connectivity index (χ1) is 10.8. The third kappa shape index (κ3) is 5.11. The summed E-state index contributed by atoms with van der Waals surface area (Å²) in [6.45, 7) is 8.60. The van der Waals surface area contributed by atoms with Crippen LogP contribution in [-0.2, 0) is 14.3 Å². The Morgan fingerprint density at radius 1 is 1.39 bits per heavy atom. The van der Waals surface area contributed by atoms with Gasteiger partial charge >= 0.3 is 0 Å². The maximum absolute atomic E-state index is 12.5. The standard InChI is InChI=1S/C17H30N2O3S/c1-12(7-8-13-6-5-9-22-13)18-15(20)14-10-23-11-19(14)16(21)17(2,3)4/h12-14H,5-11H2,1-4H3,(H,18,20)/t12-,13+,14+/m1/s1. The first kappa shape index (κ1) is 18.6. The number of amides is 2. The van der Waals surface area contributed by atoms with E-state index in [-0.39, 0.29) is 23.9 Å². The van der Waals surface area contributed by atoms with E-state index in [1.54, 1.807) is 16.7 Å². The first-order valence-electron chi connectivity index (χ1n) is 8.60. The van der Waals surface area contributed by atoms with E-state index in [2.05, 4.69) is 5.32 Å². The molecule has 1 N–H and O–H groups in total. The Morgan fingerprint density at radius 2 is 2.13 bits per heavy atom. The van der Waals surface area contributed by atoms with Crippen LogP contribution in [0.4, 0.5) is 0 Å². The van der Waals surface area contributed by atoms with Crippen LogP contribution in [0, 0.1) is 5.41 Å². The fourth-order valence-corrected chi connectivity index (χ4v) is 4.16. The number of nitrogens with one attached hydrogen (secondary N) is 1. The highest BCUT2D eigenvalue weighted by molar-refractivity contribution is 7.99. The summed E-state index contributed by atoms with van der Waals surface area (Å²) in [5.41, 5.74) is -0.450. The molecule has 2 rings (SSSR count). The number of hydrogen-bond donors (Lipinski definition) is 1. The Kier molecular flexibility index (Phi) is 6.37. The molecule has 132 valence electrons. The Balaban J connectivity index is 1.82. The lowest BCUT2D eigenvalue weighted by atomic mass is 9.94. The van der Waals surface area contributed by atoms with Crippen molar-refractivity contribution in [2.75, 3.05) is 18.2 Å². The summed E-state index contributed by atoms with van der Waals surface area (Å²) in [7, 11) is 0. The zero-order valence-electron chi connectivity index (χ0n) is 14.8. The molecule has 0 saturated carbocycles. The Hall–Kier alpha value is -0.750. The van der Waals surface area contributed by atoms with Crippen molar-refractivity contribution in [1.82, 2.24) is 10.2 Å². The van der Waals surface area contributed by atoms with Gasteiger partial charge in [-0.25, -0.2) is 0 Å². The molecule has 2 heterocycles. The van der Waals surface area contributed by atoms with E-state index in [4.69, 9.17) is 4.74 Å². The van der Waals surface area contributed by atoms with E-state index in [0.29, 0.717) is 17.7 Å². The van der Waals surface area contributed by atoms with Gasteiger partial charge in [0.05, 0.1) is 12.0 Å². The maximum atomic E-state index is 12.5. The highest BCUT2D eigenvalue weighted by atomic mass is 32.2. The largest absolute Gasteiger partial charge is 0.378 e. The maximum Gasteiger partial charge on any atom is 0.243 e. The van der Waals surface area contributed by atoms with Crippen molar-refractivity contribution >= 4 is 23.6 Å². The van der Waals surface area contributed by atoms with Crippen LogP contribution < -0.4 is 5.32 Å². The third-order valence-corrected chi connectivity index (χ3v) is 5.43. The van der Waals surface area contributed by atoms with E-state index in [1.807, 2.05) is 27.7 Å². The molecular formula is C17H30N2O3S. The molecule has 2 aliphatic rings. The van der Waals surface area contributed by atoms with Crippen molar-refractivity contribution in [1.29, 1.82) is 0 Å². The van der Waals surface area contributed by atoms with Crippen LogP contribution in [0.1, 0.15) is 53.4 Å². The molecule has 23 heavy (non-hydrogen) atoms. The van der Waals surface area contributed by atoms with Crippen molar-refractivity contribution < 1.29 is 14.3 Å². The SMILES string of the molecule is C[C@H](CC[C@@H]1CCCO1)NC(=O)[C@@H]1CSCN1C(=O)C(C)(C)C. The molecular weight excluding hydrogens is 312 g/mol. The Bertz CT molecular complexity index is 430. The number of thioether (sulfide) groups is 1. The van der Waals surface area contributed by atoms with Gasteiger partial charge in [-0.2, -0.15) is 0 Å². The molecule has 5 nitrogen and oxygen atoms in total. The summed E-state index contributed by atoms with van der Waals surface area (Å²) in [5, 5.41) is 3.08. The predicted octanol–water partition coefficient (Wildman–Crippen LogP) is 2.40. The zero-order valence-corrected chi connectivity index (χ0v) is 15.6. The number of carbonyl (C=O) groups excluding carboxylic acids is 2. The summed E-state index contributed by atoms with van der Waals surface area (Å²) in [4.78, 5) is 26.8. The summed E-state index contributed by atoms with van der Waals surface area (Å²) < 4.78 is 5.63. The highest BCUT2D eigenvalue weighted by Gasteiger charge is 2.39. The number of hydrogen-bond acceptors (Lipinski definition) is 4. The van der Waals surface area contributed by atoms with E-state index in [0.717, 1.165) is 32.3 Å². The van der Waals surface area contributed by atoms with Gasteiger partial charge in [0.25, 0.3) is 0 Å². The minimum atomic E-state index is -0.450. The second kappa shape index (κ2) is 7.88. The molecule has 2 saturated heterocycles. The van der Waals surface area contributed by atoms with Crippen LogP contribution in [0.2, 0.25) is 0 Å². The first-order valence-corrected chi connectivity index (χ1v) is 9.75. The molecule has 3 atom stereocenters. The normalized spacial score (nSPS) is 26.3. The van der Waals surface area contributed by atoms with Gasteiger partial charge in [-0.1, -0.05) is 20.8 Å². The summed E-state index contributed by atoms with van der Waals surface area (Å²) in [6, 6.07) is -0.221. The fraction of sp³-hybridized carbons (Fsp3) is 0.882.